The van der Waals surface area contributed by atoms with Crippen LogP contribution in [-0.4, -0.2) is 31.1 Å². The molecule has 0 aliphatic rings. The van der Waals surface area contributed by atoms with Crippen LogP contribution in [-0.2, 0) is 18.3 Å². The van der Waals surface area contributed by atoms with E-state index in [0.717, 1.165) is 5.56 Å². The number of nitrogens with one attached hydrogen (secondary N) is 1. The first-order valence-electron chi connectivity index (χ1n) is 8.11. The summed E-state index contributed by atoms with van der Waals surface area (Å²) in [4.78, 5) is 12.1. The lowest BCUT2D eigenvalue weighted by molar-refractivity contribution is 0.0507. The first-order valence-corrected chi connectivity index (χ1v) is 9.84. The van der Waals surface area contributed by atoms with Gasteiger partial charge in [-0.05, 0) is 40.2 Å². The largest absolute Gasteiger partial charge is 0.444 e. The van der Waals surface area contributed by atoms with Crippen LogP contribution in [0.2, 0.25) is 0 Å². The molecule has 1 atom stereocenters. The molecule has 0 unspecified atom stereocenters. The molecule has 6 nitrogen and oxygen atoms in total. The molecule has 0 aliphatic carbocycles. The van der Waals surface area contributed by atoms with E-state index in [9.17, 15) is 9.36 Å². The van der Waals surface area contributed by atoms with Crippen molar-refractivity contribution in [2.45, 2.75) is 46.3 Å². The average Bonchev–Trinajstić information content (AvgIpc) is 2.46. The molecular weight excluding hydrogens is 329 g/mol. The fourth-order valence-electron chi connectivity index (χ4n) is 2.13. The second kappa shape index (κ2) is 9.21. The molecule has 1 aromatic carbocycles. The van der Waals surface area contributed by atoms with Gasteiger partial charge in [0.2, 0.25) is 0 Å². The van der Waals surface area contributed by atoms with Crippen LogP contribution in [0, 0.1) is 0 Å². The third-order valence-electron chi connectivity index (χ3n) is 2.95. The molecule has 0 saturated carbocycles. The van der Waals surface area contributed by atoms with Crippen molar-refractivity contribution in [3.05, 3.63) is 35.9 Å². The Morgan fingerprint density at radius 1 is 1.12 bits per heavy atom. The fraction of sp³-hybridized carbons (Fsp3) is 0.588. The minimum absolute atomic E-state index is 0.0396. The van der Waals surface area contributed by atoms with Gasteiger partial charge in [0.15, 0.2) is 0 Å². The van der Waals surface area contributed by atoms with Gasteiger partial charge in [-0.25, -0.2) is 4.79 Å². The van der Waals surface area contributed by atoms with Crippen LogP contribution >= 0.6 is 7.60 Å². The van der Waals surface area contributed by atoms with Crippen LogP contribution in [0.4, 0.5) is 4.79 Å². The molecule has 0 heterocycles. The minimum atomic E-state index is -3.32. The summed E-state index contributed by atoms with van der Waals surface area (Å²) in [5.41, 5.74) is 0.192. The van der Waals surface area contributed by atoms with Gasteiger partial charge in [0.25, 0.3) is 0 Å². The molecule has 0 fully saturated rings. The van der Waals surface area contributed by atoms with Gasteiger partial charge in [0.05, 0.1) is 25.4 Å². The monoisotopic (exact) mass is 357 g/mol. The molecule has 1 N–H and O–H groups in total. The summed E-state index contributed by atoms with van der Waals surface area (Å²) in [7, 11) is -3.32. The van der Waals surface area contributed by atoms with Crippen molar-refractivity contribution in [3.63, 3.8) is 0 Å². The van der Waals surface area contributed by atoms with Gasteiger partial charge >= 0.3 is 13.7 Å². The third-order valence-corrected chi connectivity index (χ3v) is 5.07. The molecule has 1 aromatic rings. The highest BCUT2D eigenvalue weighted by Crippen LogP contribution is 2.50. The molecule has 136 valence electrons. The summed E-state index contributed by atoms with van der Waals surface area (Å²) in [6, 6.07) is 8.74. The summed E-state index contributed by atoms with van der Waals surface area (Å²) < 4.78 is 28.8. The lowest BCUT2D eigenvalue weighted by Gasteiger charge is -2.26. The van der Waals surface area contributed by atoms with E-state index in [0.29, 0.717) is 0 Å². The number of benzene rings is 1. The number of ether oxygens (including phenoxy) is 1. The van der Waals surface area contributed by atoms with Crippen LogP contribution in [0.25, 0.3) is 0 Å². The molecule has 7 heteroatoms. The van der Waals surface area contributed by atoms with Gasteiger partial charge in [0, 0.05) is 0 Å². The second-order valence-electron chi connectivity index (χ2n) is 6.24. The summed E-state index contributed by atoms with van der Waals surface area (Å²) in [6.07, 6.45) is -0.534. The molecule has 0 bridgehead atoms. The zero-order valence-corrected chi connectivity index (χ0v) is 16.0. The zero-order valence-electron chi connectivity index (χ0n) is 15.1. The predicted octanol–water partition coefficient (Wildman–Crippen LogP) is 4.52. The Bertz CT molecular complexity index is 546. The summed E-state index contributed by atoms with van der Waals surface area (Å²) in [6.45, 7) is 9.41. The first-order chi connectivity index (χ1) is 11.2. The number of carbonyl (C=O) groups excluding carboxylic acids is 1. The van der Waals surface area contributed by atoms with Crippen LogP contribution in [0.1, 0.15) is 46.2 Å². The van der Waals surface area contributed by atoms with Gasteiger partial charge in [-0.3, -0.25) is 4.57 Å². The van der Waals surface area contributed by atoms with Crippen molar-refractivity contribution in [1.82, 2.24) is 5.32 Å². The molecule has 0 aromatic heterocycles. The zero-order chi connectivity index (χ0) is 18.2. The lowest BCUT2D eigenvalue weighted by atomic mass is 10.1. The van der Waals surface area contributed by atoms with Crippen molar-refractivity contribution >= 4 is 13.7 Å². The summed E-state index contributed by atoms with van der Waals surface area (Å²) in [5, 5.41) is 2.77. The quantitative estimate of drug-likeness (QED) is 0.693. The highest BCUT2D eigenvalue weighted by atomic mass is 31.2. The van der Waals surface area contributed by atoms with E-state index in [4.69, 9.17) is 13.8 Å². The van der Waals surface area contributed by atoms with Crippen molar-refractivity contribution in [2.24, 2.45) is 0 Å². The molecule has 0 aliphatic heterocycles. The summed E-state index contributed by atoms with van der Waals surface area (Å²) in [5.74, 6) is 0. The Morgan fingerprint density at radius 2 is 1.67 bits per heavy atom. The van der Waals surface area contributed by atoms with E-state index in [1.54, 1.807) is 34.6 Å². The van der Waals surface area contributed by atoms with Gasteiger partial charge < -0.3 is 19.1 Å². The Balaban J connectivity index is 2.97. The van der Waals surface area contributed by atoms with Crippen LogP contribution in [0.15, 0.2) is 30.3 Å². The molecule has 0 saturated heterocycles. The molecule has 0 spiro atoms. The second-order valence-corrected chi connectivity index (χ2v) is 8.34. The van der Waals surface area contributed by atoms with Crippen molar-refractivity contribution in [2.75, 3.05) is 19.4 Å². The highest BCUT2D eigenvalue weighted by Gasteiger charge is 2.31. The predicted molar refractivity (Wildman–Crippen MR) is 94.3 cm³/mol. The standard InChI is InChI=1S/C17H28NO5P/c1-6-21-24(20,22-7-2)13-15(14-11-9-8-10-12-14)18-16(19)23-17(3,4)5/h8-12,15H,6-7,13H2,1-5H3,(H,18,19)/t15-/m1/s1. The summed E-state index contributed by atoms with van der Waals surface area (Å²) >= 11 is 0. The maximum Gasteiger partial charge on any atom is 0.408 e. The van der Waals surface area contributed by atoms with E-state index in [-0.39, 0.29) is 19.4 Å². The van der Waals surface area contributed by atoms with E-state index in [2.05, 4.69) is 5.32 Å². The molecule has 1 rings (SSSR count). The Kier molecular flexibility index (Phi) is 7.94. The van der Waals surface area contributed by atoms with Crippen LogP contribution < -0.4 is 5.32 Å². The first kappa shape index (κ1) is 20.7. The normalized spacial score (nSPS) is 13.4. The maximum atomic E-state index is 12.8. The topological polar surface area (TPSA) is 73.9 Å². The SMILES string of the molecule is CCOP(=O)(C[C@@H](NC(=O)OC(C)(C)C)c1ccccc1)OCC. The molecule has 0 radical (unpaired) electrons. The lowest BCUT2D eigenvalue weighted by Crippen LogP contribution is -2.36. The molecule has 1 amide bonds. The number of hydrogen-bond acceptors (Lipinski definition) is 5. The van der Waals surface area contributed by atoms with E-state index in [1.165, 1.54) is 0 Å². The Hall–Kier alpha value is -1.36. The van der Waals surface area contributed by atoms with Gasteiger partial charge in [-0.1, -0.05) is 30.3 Å². The van der Waals surface area contributed by atoms with E-state index >= 15 is 0 Å². The maximum absolute atomic E-state index is 12.8. The number of carbonyl (C=O) groups is 1. The number of alkyl carbamates (subject to hydrolysis) is 1. The fourth-order valence-corrected chi connectivity index (χ4v) is 3.95. The van der Waals surface area contributed by atoms with Gasteiger partial charge in [-0.2, -0.15) is 0 Å². The Morgan fingerprint density at radius 3 is 2.12 bits per heavy atom. The Labute approximate surface area is 144 Å². The van der Waals surface area contributed by atoms with Gasteiger partial charge in [-0.15, -0.1) is 0 Å². The smallest absolute Gasteiger partial charge is 0.408 e. The van der Waals surface area contributed by atoms with Crippen LogP contribution in [0.3, 0.4) is 0 Å². The number of amides is 1. The van der Waals surface area contributed by atoms with Crippen LogP contribution in [0.5, 0.6) is 0 Å². The number of rotatable bonds is 8. The van der Waals surface area contributed by atoms with E-state index in [1.807, 2.05) is 30.3 Å². The molecular formula is C17H28NO5P. The van der Waals surface area contributed by atoms with Crippen molar-refractivity contribution < 1.29 is 23.1 Å². The molecule has 24 heavy (non-hydrogen) atoms. The highest BCUT2D eigenvalue weighted by molar-refractivity contribution is 7.53. The van der Waals surface area contributed by atoms with Gasteiger partial charge in [0.1, 0.15) is 5.60 Å². The number of hydrogen-bond donors (Lipinski definition) is 1. The van der Waals surface area contributed by atoms with E-state index < -0.39 is 25.3 Å². The average molecular weight is 357 g/mol. The minimum Gasteiger partial charge on any atom is -0.444 e. The third kappa shape index (κ3) is 7.47. The van der Waals surface area contributed by atoms with Crippen molar-refractivity contribution in [3.8, 4) is 0 Å². The van der Waals surface area contributed by atoms with Crippen molar-refractivity contribution in [1.29, 1.82) is 0 Å².